The molecular formula is C22H26N4O2S. The molecule has 1 N–H and O–H groups in total. The first-order chi connectivity index (χ1) is 13.7. The van der Waals surface area contributed by atoms with Crippen molar-refractivity contribution in [3.05, 3.63) is 46.2 Å². The second-order valence-corrected chi connectivity index (χ2v) is 9.59. The Bertz CT molecular complexity index is 968. The third-order valence-electron chi connectivity index (χ3n) is 6.11. The van der Waals surface area contributed by atoms with Crippen LogP contribution in [0.15, 0.2) is 24.3 Å². The van der Waals surface area contributed by atoms with E-state index in [0.717, 1.165) is 31.2 Å². The van der Waals surface area contributed by atoms with Crippen molar-refractivity contribution in [2.24, 2.45) is 0 Å². The van der Waals surface area contributed by atoms with Crippen molar-refractivity contribution in [3.63, 3.8) is 0 Å². The highest BCUT2D eigenvalue weighted by atomic mass is 32.1. The average molecular weight is 411 g/mol. The average Bonchev–Trinajstić information content (AvgIpc) is 3.34. The van der Waals surface area contributed by atoms with Gasteiger partial charge in [-0.05, 0) is 69.6 Å². The van der Waals surface area contributed by atoms with Crippen LogP contribution in [0.2, 0.25) is 0 Å². The Morgan fingerprint density at radius 3 is 2.69 bits per heavy atom. The highest BCUT2D eigenvalue weighted by molar-refractivity contribution is 7.05. The van der Waals surface area contributed by atoms with E-state index in [1.54, 1.807) is 13.8 Å². The Morgan fingerprint density at radius 2 is 2.07 bits per heavy atom. The van der Waals surface area contributed by atoms with Crippen LogP contribution in [0, 0.1) is 11.3 Å². The molecule has 0 radical (unpaired) electrons. The maximum Gasteiger partial charge on any atom is 0.254 e. The number of aliphatic hydroxyl groups is 1. The van der Waals surface area contributed by atoms with Crippen LogP contribution in [0.5, 0.6) is 0 Å². The number of aromatic nitrogens is 2. The van der Waals surface area contributed by atoms with Gasteiger partial charge in [0.05, 0.1) is 11.5 Å². The fourth-order valence-corrected chi connectivity index (χ4v) is 4.79. The van der Waals surface area contributed by atoms with Crippen molar-refractivity contribution in [3.8, 4) is 6.07 Å². The number of carbonyl (C=O) groups is 1. The summed E-state index contributed by atoms with van der Waals surface area (Å²) in [7, 11) is 0. The molecule has 29 heavy (non-hydrogen) atoms. The molecule has 0 unspecified atom stereocenters. The molecule has 2 fully saturated rings. The van der Waals surface area contributed by atoms with Crippen molar-refractivity contribution >= 4 is 17.4 Å². The second-order valence-electron chi connectivity index (χ2n) is 8.84. The molecule has 152 valence electrons. The number of nitrogens with zero attached hydrogens (tertiary/aromatic N) is 4. The zero-order chi connectivity index (χ0) is 20.8. The number of hydrogen-bond acceptors (Lipinski definition) is 6. The second kappa shape index (κ2) is 7.19. The SMILES string of the molecule is C[C@@H]1CC[C@@H](c2nsc(C(C)(C)O)n2)CN1C(=O)c1ccccc1C1(C#N)CC1. The fraction of sp³-hybridized carbons (Fsp3) is 0.545. The van der Waals surface area contributed by atoms with Gasteiger partial charge in [-0.25, -0.2) is 4.98 Å². The van der Waals surface area contributed by atoms with Crippen molar-refractivity contribution in [2.75, 3.05) is 6.54 Å². The van der Waals surface area contributed by atoms with Gasteiger partial charge in [0, 0.05) is 24.1 Å². The Kier molecular flexibility index (Phi) is 4.96. The highest BCUT2D eigenvalue weighted by Crippen LogP contribution is 2.49. The number of likely N-dealkylation sites (tertiary alicyclic amines) is 1. The summed E-state index contributed by atoms with van der Waals surface area (Å²) in [6, 6.07) is 10.1. The molecule has 1 aliphatic carbocycles. The van der Waals surface area contributed by atoms with Gasteiger partial charge in [0.1, 0.15) is 16.4 Å². The molecule has 1 aromatic heterocycles. The maximum atomic E-state index is 13.5. The van der Waals surface area contributed by atoms with Gasteiger partial charge in [-0.1, -0.05) is 18.2 Å². The van der Waals surface area contributed by atoms with E-state index in [0.29, 0.717) is 22.9 Å². The lowest BCUT2D eigenvalue weighted by Crippen LogP contribution is -2.45. The van der Waals surface area contributed by atoms with Gasteiger partial charge in [0.25, 0.3) is 5.91 Å². The molecule has 6 nitrogen and oxygen atoms in total. The zero-order valence-electron chi connectivity index (χ0n) is 17.1. The molecule has 0 spiro atoms. The number of piperidine rings is 1. The third-order valence-corrected chi connectivity index (χ3v) is 7.15. The predicted octanol–water partition coefficient (Wildman–Crippen LogP) is 3.73. The Hall–Kier alpha value is -2.30. The van der Waals surface area contributed by atoms with Gasteiger partial charge in [0.15, 0.2) is 0 Å². The van der Waals surface area contributed by atoms with Crippen LogP contribution < -0.4 is 0 Å². The monoisotopic (exact) mass is 410 g/mol. The van der Waals surface area contributed by atoms with Gasteiger partial charge in [-0.15, -0.1) is 0 Å². The number of carbonyl (C=O) groups excluding carboxylic acids is 1. The molecule has 2 atom stereocenters. The minimum atomic E-state index is -1.01. The molecule has 1 saturated carbocycles. The first-order valence-electron chi connectivity index (χ1n) is 10.1. The Labute approximate surface area is 175 Å². The van der Waals surface area contributed by atoms with Crippen molar-refractivity contribution in [1.29, 1.82) is 5.26 Å². The predicted molar refractivity (Wildman–Crippen MR) is 111 cm³/mol. The van der Waals surface area contributed by atoms with Crippen LogP contribution in [0.3, 0.4) is 0 Å². The molecule has 2 aliphatic rings. The third kappa shape index (κ3) is 3.67. The lowest BCUT2D eigenvalue weighted by atomic mass is 9.89. The minimum absolute atomic E-state index is 0.0164. The largest absolute Gasteiger partial charge is 0.383 e. The first-order valence-corrected chi connectivity index (χ1v) is 10.9. The number of hydrogen-bond donors (Lipinski definition) is 1. The van der Waals surface area contributed by atoms with E-state index >= 15 is 0 Å². The van der Waals surface area contributed by atoms with E-state index in [9.17, 15) is 15.2 Å². The first kappa shape index (κ1) is 20.0. The molecule has 1 aliphatic heterocycles. The summed E-state index contributed by atoms with van der Waals surface area (Å²) in [5.74, 6) is 0.749. The van der Waals surface area contributed by atoms with Crippen molar-refractivity contribution < 1.29 is 9.90 Å². The van der Waals surface area contributed by atoms with Crippen molar-refractivity contribution in [1.82, 2.24) is 14.3 Å². The molecule has 0 bridgehead atoms. The normalized spacial score (nSPS) is 23.5. The number of nitriles is 1. The van der Waals surface area contributed by atoms with E-state index in [-0.39, 0.29) is 17.9 Å². The molecule has 2 aromatic rings. The molecule has 1 aromatic carbocycles. The van der Waals surface area contributed by atoms with Crippen molar-refractivity contribution in [2.45, 2.75) is 69.4 Å². The molecule has 4 rings (SSSR count). The summed E-state index contributed by atoms with van der Waals surface area (Å²) in [6.07, 6.45) is 3.42. The van der Waals surface area contributed by atoms with Gasteiger partial charge >= 0.3 is 0 Å². The number of amides is 1. The van der Waals surface area contributed by atoms with Gasteiger partial charge < -0.3 is 10.0 Å². The molecule has 1 amide bonds. The summed E-state index contributed by atoms with van der Waals surface area (Å²) in [4.78, 5) is 20.0. The van der Waals surface area contributed by atoms with Crippen LogP contribution in [-0.2, 0) is 11.0 Å². The summed E-state index contributed by atoms with van der Waals surface area (Å²) in [5.41, 5.74) is -0.00861. The molecular weight excluding hydrogens is 384 g/mol. The van der Waals surface area contributed by atoms with Crippen LogP contribution in [-0.4, -0.2) is 37.9 Å². The number of benzene rings is 1. The topological polar surface area (TPSA) is 90.1 Å². The van der Waals surface area contributed by atoms with E-state index in [2.05, 4.69) is 22.4 Å². The van der Waals surface area contributed by atoms with Gasteiger partial charge in [-0.2, -0.15) is 9.64 Å². The van der Waals surface area contributed by atoms with E-state index < -0.39 is 11.0 Å². The minimum Gasteiger partial charge on any atom is -0.383 e. The standard InChI is InChI=1S/C22H26N4O2S/c1-14-8-9-15(18-24-20(29-25-18)21(2,3)28)12-26(14)19(27)16-6-4-5-7-17(16)22(13-23)10-11-22/h4-7,14-15,28H,8-12H2,1-3H3/t14-,15-/m1/s1. The van der Waals surface area contributed by atoms with E-state index in [4.69, 9.17) is 0 Å². The summed E-state index contributed by atoms with van der Waals surface area (Å²) < 4.78 is 4.47. The van der Waals surface area contributed by atoms with Crippen LogP contribution >= 0.6 is 11.5 Å². The van der Waals surface area contributed by atoms with Crippen LogP contribution in [0.4, 0.5) is 0 Å². The lowest BCUT2D eigenvalue weighted by molar-refractivity contribution is 0.0601. The van der Waals surface area contributed by atoms with E-state index in [1.165, 1.54) is 11.5 Å². The fourth-order valence-electron chi connectivity index (χ4n) is 4.06. The van der Waals surface area contributed by atoms with Crippen LogP contribution in [0.1, 0.15) is 79.1 Å². The highest BCUT2D eigenvalue weighted by Gasteiger charge is 2.47. The Morgan fingerprint density at radius 1 is 1.34 bits per heavy atom. The molecule has 7 heteroatoms. The summed E-state index contributed by atoms with van der Waals surface area (Å²) >= 11 is 1.22. The van der Waals surface area contributed by atoms with Gasteiger partial charge in [-0.3, -0.25) is 4.79 Å². The summed E-state index contributed by atoms with van der Waals surface area (Å²) in [6.45, 7) is 6.03. The quantitative estimate of drug-likeness (QED) is 0.829. The van der Waals surface area contributed by atoms with E-state index in [1.807, 2.05) is 29.2 Å². The van der Waals surface area contributed by atoms with Crippen LogP contribution in [0.25, 0.3) is 0 Å². The number of rotatable bonds is 4. The summed E-state index contributed by atoms with van der Waals surface area (Å²) in [5, 5.41) is 20.4. The van der Waals surface area contributed by atoms with Gasteiger partial charge in [0.2, 0.25) is 0 Å². The molecule has 1 saturated heterocycles. The maximum absolute atomic E-state index is 13.5. The zero-order valence-corrected chi connectivity index (χ0v) is 17.9. The Balaban J connectivity index is 1.59. The molecule has 2 heterocycles. The smallest absolute Gasteiger partial charge is 0.254 e. The lowest BCUT2D eigenvalue weighted by Gasteiger charge is -2.37.